The lowest BCUT2D eigenvalue weighted by Gasteiger charge is -1.92. The van der Waals surface area contributed by atoms with E-state index in [0.717, 1.165) is 16.2 Å². The van der Waals surface area contributed by atoms with E-state index >= 15 is 0 Å². The Morgan fingerprint density at radius 1 is 1.25 bits per heavy atom. The van der Waals surface area contributed by atoms with Crippen LogP contribution in [0.3, 0.4) is 0 Å². The Bertz CT molecular complexity index is 608. The molecule has 4 nitrogen and oxygen atoms in total. The fraction of sp³-hybridized carbons (Fsp3) is 0. The highest BCUT2D eigenvalue weighted by molar-refractivity contribution is 7.13. The van der Waals surface area contributed by atoms with Crippen LogP contribution >= 0.6 is 34.5 Å². The van der Waals surface area contributed by atoms with E-state index in [1.165, 1.54) is 11.3 Å². The summed E-state index contributed by atoms with van der Waals surface area (Å²) in [5.41, 5.74) is 3.06. The van der Waals surface area contributed by atoms with Gasteiger partial charge in [-0.05, 0) is 6.07 Å². The number of pyridine rings is 1. The summed E-state index contributed by atoms with van der Waals surface area (Å²) < 4.78 is 0. The molecule has 1 N–H and O–H groups in total. The Balaban J connectivity index is 2.23. The first-order valence-electron chi connectivity index (χ1n) is 4.34. The van der Waals surface area contributed by atoms with Gasteiger partial charge in [0.1, 0.15) is 5.15 Å². The molecule has 0 fully saturated rings. The summed E-state index contributed by atoms with van der Waals surface area (Å²) in [5, 5.41) is 0.671. The van der Waals surface area contributed by atoms with Gasteiger partial charge in [0.2, 0.25) is 0 Å². The van der Waals surface area contributed by atoms with Gasteiger partial charge in [0, 0.05) is 6.20 Å². The van der Waals surface area contributed by atoms with E-state index in [0.29, 0.717) is 10.7 Å². The Morgan fingerprint density at radius 3 is 2.88 bits per heavy atom. The maximum Gasteiger partial charge on any atom is 0.179 e. The third kappa shape index (κ3) is 1.57. The van der Waals surface area contributed by atoms with Gasteiger partial charge in [-0.2, -0.15) is 0 Å². The number of H-pyrrole nitrogens is 1. The molecule has 0 saturated carbocycles. The molecule has 16 heavy (non-hydrogen) atoms. The summed E-state index contributed by atoms with van der Waals surface area (Å²) in [5.74, 6) is 0.725. The van der Waals surface area contributed by atoms with E-state index in [1.807, 2.05) is 0 Å². The van der Waals surface area contributed by atoms with Crippen LogP contribution in [0.5, 0.6) is 0 Å². The van der Waals surface area contributed by atoms with Crippen LogP contribution in [0.25, 0.3) is 21.9 Å². The Hall–Kier alpha value is -1.17. The molecule has 0 amide bonds. The number of hydrogen-bond acceptors (Lipinski definition) is 4. The second kappa shape index (κ2) is 3.69. The molecule has 0 aliphatic carbocycles. The zero-order valence-corrected chi connectivity index (χ0v) is 10.1. The molecule has 0 spiro atoms. The van der Waals surface area contributed by atoms with Crippen LogP contribution in [-0.2, 0) is 0 Å². The zero-order chi connectivity index (χ0) is 11.1. The normalized spacial score (nSPS) is 11.1. The van der Waals surface area contributed by atoms with E-state index in [2.05, 4.69) is 19.9 Å². The molecule has 0 saturated heterocycles. The molecule has 3 heterocycles. The minimum Gasteiger partial charge on any atom is -0.336 e. The molecule has 3 rings (SSSR count). The molecule has 0 unspecified atom stereocenters. The van der Waals surface area contributed by atoms with Crippen molar-refractivity contribution < 1.29 is 0 Å². The van der Waals surface area contributed by atoms with Gasteiger partial charge in [-0.15, -0.1) is 11.3 Å². The molecule has 0 atom stereocenters. The summed E-state index contributed by atoms with van der Waals surface area (Å²) in [6.07, 6.45) is 1.74. The lowest BCUT2D eigenvalue weighted by molar-refractivity contribution is 1.30. The monoisotopic (exact) mass is 270 g/mol. The topological polar surface area (TPSA) is 54.5 Å². The molecule has 80 valence electrons. The number of hydrogen-bond donors (Lipinski definition) is 1. The first-order valence-corrected chi connectivity index (χ1v) is 5.98. The van der Waals surface area contributed by atoms with Gasteiger partial charge < -0.3 is 4.98 Å². The molecule has 3 aromatic heterocycles. The van der Waals surface area contributed by atoms with Crippen molar-refractivity contribution in [3.05, 3.63) is 27.9 Å². The molecule has 0 radical (unpaired) electrons. The van der Waals surface area contributed by atoms with Crippen LogP contribution < -0.4 is 0 Å². The quantitative estimate of drug-likeness (QED) is 0.690. The number of nitrogens with one attached hydrogen (secondary N) is 1. The van der Waals surface area contributed by atoms with Crippen molar-refractivity contribution in [3.8, 4) is 10.7 Å². The number of nitrogens with zero attached hydrogens (tertiary/aromatic N) is 3. The highest BCUT2D eigenvalue weighted by Gasteiger charge is 2.10. The summed E-state index contributed by atoms with van der Waals surface area (Å²) >= 11 is 13.2. The predicted octanol–water partition coefficient (Wildman–Crippen LogP) is 3.39. The second-order valence-electron chi connectivity index (χ2n) is 3.08. The minimum atomic E-state index is 0.261. The number of imidazole rings is 1. The average Bonchev–Trinajstić information content (AvgIpc) is 2.86. The standard InChI is InChI=1S/C9H4Cl2N4S/c10-4-1-5-8(14-7(4)11)15-9(13-5)6-2-12-3-16-6/h1-3H,(H,13,14,15). The Morgan fingerprint density at radius 2 is 2.12 bits per heavy atom. The third-order valence-electron chi connectivity index (χ3n) is 2.05. The lowest BCUT2D eigenvalue weighted by atomic mass is 10.4. The minimum absolute atomic E-state index is 0.261. The first-order chi connectivity index (χ1) is 7.74. The van der Waals surface area contributed by atoms with Crippen molar-refractivity contribution in [2.24, 2.45) is 0 Å². The number of rotatable bonds is 1. The molecule has 7 heteroatoms. The van der Waals surface area contributed by atoms with Gasteiger partial charge >= 0.3 is 0 Å². The smallest absolute Gasteiger partial charge is 0.179 e. The van der Waals surface area contributed by atoms with E-state index in [-0.39, 0.29) is 5.15 Å². The molecule has 0 aliphatic heterocycles. The molecular weight excluding hydrogens is 267 g/mol. The number of aromatic amines is 1. The van der Waals surface area contributed by atoms with Gasteiger partial charge in [-0.3, -0.25) is 4.98 Å². The Kier molecular flexibility index (Phi) is 2.31. The molecule has 0 aromatic carbocycles. The van der Waals surface area contributed by atoms with Gasteiger partial charge in [0.05, 0.1) is 20.9 Å². The molecular formula is C9H4Cl2N4S. The van der Waals surface area contributed by atoms with E-state index in [9.17, 15) is 0 Å². The summed E-state index contributed by atoms with van der Waals surface area (Å²) in [6.45, 7) is 0. The van der Waals surface area contributed by atoms with Crippen molar-refractivity contribution in [3.63, 3.8) is 0 Å². The zero-order valence-electron chi connectivity index (χ0n) is 7.74. The SMILES string of the molecule is Clc1cc2[nH]c(-c3cncs3)nc2nc1Cl. The highest BCUT2D eigenvalue weighted by Crippen LogP contribution is 2.27. The first kappa shape index (κ1) is 10.0. The second-order valence-corrected chi connectivity index (χ2v) is 4.73. The van der Waals surface area contributed by atoms with Crippen LogP contribution in [0.15, 0.2) is 17.8 Å². The molecule has 0 bridgehead atoms. The van der Waals surface area contributed by atoms with Gasteiger partial charge in [0.15, 0.2) is 11.5 Å². The van der Waals surface area contributed by atoms with Crippen LogP contribution in [-0.4, -0.2) is 19.9 Å². The number of fused-ring (bicyclic) bond motifs is 1. The summed E-state index contributed by atoms with van der Waals surface area (Å²) in [4.78, 5) is 16.5. The third-order valence-corrected chi connectivity index (χ3v) is 3.50. The number of thiazole rings is 1. The van der Waals surface area contributed by atoms with E-state index in [1.54, 1.807) is 17.8 Å². The maximum atomic E-state index is 5.87. The van der Waals surface area contributed by atoms with Gasteiger partial charge in [-0.1, -0.05) is 23.2 Å². The number of halogens is 2. The summed E-state index contributed by atoms with van der Waals surface area (Å²) in [6, 6.07) is 1.71. The summed E-state index contributed by atoms with van der Waals surface area (Å²) in [7, 11) is 0. The Labute approximate surface area is 104 Å². The van der Waals surface area contributed by atoms with Crippen molar-refractivity contribution in [1.82, 2.24) is 19.9 Å². The van der Waals surface area contributed by atoms with Crippen molar-refractivity contribution in [2.75, 3.05) is 0 Å². The van der Waals surface area contributed by atoms with Crippen molar-refractivity contribution >= 4 is 45.7 Å². The van der Waals surface area contributed by atoms with Crippen LogP contribution in [0.2, 0.25) is 10.2 Å². The average molecular weight is 271 g/mol. The fourth-order valence-corrected chi connectivity index (χ4v) is 2.20. The predicted molar refractivity (Wildman–Crippen MR) is 65.0 cm³/mol. The van der Waals surface area contributed by atoms with Crippen LogP contribution in [0, 0.1) is 0 Å². The molecule has 0 aliphatic rings. The highest BCUT2D eigenvalue weighted by atomic mass is 35.5. The van der Waals surface area contributed by atoms with E-state index in [4.69, 9.17) is 23.2 Å². The number of aromatic nitrogens is 4. The van der Waals surface area contributed by atoms with Crippen LogP contribution in [0.1, 0.15) is 0 Å². The van der Waals surface area contributed by atoms with Gasteiger partial charge in [0.25, 0.3) is 0 Å². The van der Waals surface area contributed by atoms with E-state index < -0.39 is 0 Å². The fourth-order valence-electron chi connectivity index (χ4n) is 1.35. The van der Waals surface area contributed by atoms with Crippen LogP contribution in [0.4, 0.5) is 0 Å². The van der Waals surface area contributed by atoms with Crippen molar-refractivity contribution in [1.29, 1.82) is 0 Å². The maximum absolute atomic E-state index is 5.87. The van der Waals surface area contributed by atoms with Crippen molar-refractivity contribution in [2.45, 2.75) is 0 Å². The lowest BCUT2D eigenvalue weighted by Crippen LogP contribution is -1.79. The molecule has 3 aromatic rings. The van der Waals surface area contributed by atoms with Gasteiger partial charge in [-0.25, -0.2) is 9.97 Å². The largest absolute Gasteiger partial charge is 0.336 e.